The van der Waals surface area contributed by atoms with Crippen molar-refractivity contribution in [1.29, 1.82) is 0 Å². The lowest BCUT2D eigenvalue weighted by atomic mass is 9.72. The molecule has 8 heteroatoms. The molecule has 2 heterocycles. The summed E-state index contributed by atoms with van der Waals surface area (Å²) in [7, 11) is 0. The SMILES string of the molecule is CCc1ccc(F)cc1C(C)(C)CC(O)(CN1CC2CC1C(=O)N2)C(F)(F)F. The molecular weight excluding hydrogens is 376 g/mol. The molecule has 1 amide bonds. The first-order valence-electron chi connectivity index (χ1n) is 9.49. The van der Waals surface area contributed by atoms with Gasteiger partial charge in [-0.05, 0) is 47.9 Å². The standard InChI is InChI=1S/C20H26F4N2O2/c1-4-12-5-6-13(21)7-15(12)18(2,3)10-19(28,20(22,23)24)11-26-9-14-8-16(26)17(27)25-14/h5-7,14,16,28H,4,8-11H2,1-3H3,(H,25,27). The Morgan fingerprint density at radius 1 is 1.29 bits per heavy atom. The van der Waals surface area contributed by atoms with Gasteiger partial charge >= 0.3 is 6.18 Å². The maximum atomic E-state index is 14.0. The highest BCUT2D eigenvalue weighted by atomic mass is 19.4. The van der Waals surface area contributed by atoms with Gasteiger partial charge in [-0.25, -0.2) is 4.39 Å². The molecular formula is C20H26F4N2O2. The Morgan fingerprint density at radius 2 is 1.96 bits per heavy atom. The molecule has 4 nitrogen and oxygen atoms in total. The minimum absolute atomic E-state index is 0.169. The fourth-order valence-corrected chi connectivity index (χ4v) is 4.65. The second kappa shape index (κ2) is 6.99. The summed E-state index contributed by atoms with van der Waals surface area (Å²) >= 11 is 0. The molecule has 3 atom stereocenters. The molecule has 2 saturated heterocycles. The van der Waals surface area contributed by atoms with Crippen molar-refractivity contribution >= 4 is 5.91 Å². The molecule has 2 bridgehead atoms. The van der Waals surface area contributed by atoms with Crippen LogP contribution in [0.5, 0.6) is 0 Å². The summed E-state index contributed by atoms with van der Waals surface area (Å²) in [5, 5.41) is 13.5. The number of piperazine rings is 1. The van der Waals surface area contributed by atoms with E-state index < -0.39 is 42.0 Å². The molecule has 2 N–H and O–H groups in total. The molecule has 2 aliphatic heterocycles. The smallest absolute Gasteiger partial charge is 0.379 e. The van der Waals surface area contributed by atoms with E-state index in [0.717, 1.165) is 5.56 Å². The number of aryl methyl sites for hydroxylation is 1. The van der Waals surface area contributed by atoms with Crippen LogP contribution < -0.4 is 5.32 Å². The molecule has 0 aliphatic carbocycles. The van der Waals surface area contributed by atoms with E-state index >= 15 is 0 Å². The van der Waals surface area contributed by atoms with Gasteiger partial charge in [0.1, 0.15) is 5.82 Å². The number of likely N-dealkylation sites (tertiary alicyclic amines) is 1. The number of hydrogen-bond donors (Lipinski definition) is 2. The van der Waals surface area contributed by atoms with Crippen LogP contribution in [0.4, 0.5) is 17.6 Å². The first kappa shape index (κ1) is 21.0. The third kappa shape index (κ3) is 3.76. The molecule has 28 heavy (non-hydrogen) atoms. The van der Waals surface area contributed by atoms with E-state index in [0.29, 0.717) is 18.4 Å². The van der Waals surface area contributed by atoms with Crippen molar-refractivity contribution in [1.82, 2.24) is 10.2 Å². The third-order valence-electron chi connectivity index (χ3n) is 5.96. The average Bonchev–Trinajstić information content (AvgIpc) is 3.11. The normalized spacial score (nSPS) is 25.1. The number of nitrogens with zero attached hydrogens (tertiary/aromatic N) is 1. The maximum absolute atomic E-state index is 14.0. The van der Waals surface area contributed by atoms with Crippen molar-refractivity contribution in [3.8, 4) is 0 Å². The molecule has 2 fully saturated rings. The van der Waals surface area contributed by atoms with Crippen LogP contribution in [0, 0.1) is 5.82 Å². The van der Waals surface area contributed by atoms with Crippen molar-refractivity contribution in [2.24, 2.45) is 0 Å². The van der Waals surface area contributed by atoms with Gasteiger partial charge < -0.3 is 10.4 Å². The number of β-amino-alcohol motifs (C(OH)–C–C–N with tert-alkyl or cyclic N) is 1. The van der Waals surface area contributed by atoms with Gasteiger partial charge in [-0.2, -0.15) is 13.2 Å². The number of carbonyl (C=O) groups is 1. The van der Waals surface area contributed by atoms with Crippen molar-refractivity contribution in [3.63, 3.8) is 0 Å². The molecule has 1 aromatic carbocycles. The highest BCUT2D eigenvalue weighted by molar-refractivity contribution is 5.85. The molecule has 3 unspecified atom stereocenters. The summed E-state index contributed by atoms with van der Waals surface area (Å²) in [6.07, 6.45) is -4.52. The predicted octanol–water partition coefficient (Wildman–Crippen LogP) is 2.92. The third-order valence-corrected chi connectivity index (χ3v) is 5.96. The van der Waals surface area contributed by atoms with E-state index in [-0.39, 0.29) is 18.5 Å². The van der Waals surface area contributed by atoms with E-state index in [1.807, 2.05) is 6.92 Å². The fourth-order valence-electron chi connectivity index (χ4n) is 4.65. The summed E-state index contributed by atoms with van der Waals surface area (Å²) in [5.41, 5.74) is -2.94. The Hall–Kier alpha value is -1.67. The second-order valence-electron chi connectivity index (χ2n) is 8.63. The molecule has 0 spiro atoms. The topological polar surface area (TPSA) is 52.6 Å². The van der Waals surface area contributed by atoms with E-state index in [9.17, 15) is 27.5 Å². The second-order valence-corrected chi connectivity index (χ2v) is 8.63. The maximum Gasteiger partial charge on any atom is 0.418 e. The molecule has 156 valence electrons. The van der Waals surface area contributed by atoms with E-state index in [1.54, 1.807) is 19.9 Å². The molecule has 1 aromatic rings. The predicted molar refractivity (Wildman–Crippen MR) is 96.3 cm³/mol. The zero-order valence-electron chi connectivity index (χ0n) is 16.2. The molecule has 0 saturated carbocycles. The Kier molecular flexibility index (Phi) is 5.25. The Bertz CT molecular complexity index is 765. The number of hydrogen-bond acceptors (Lipinski definition) is 3. The first-order valence-corrected chi connectivity index (χ1v) is 9.49. The van der Waals surface area contributed by atoms with Gasteiger partial charge in [-0.3, -0.25) is 9.69 Å². The Balaban J connectivity index is 1.90. The lowest BCUT2D eigenvalue weighted by molar-refractivity contribution is -0.272. The van der Waals surface area contributed by atoms with Crippen molar-refractivity contribution in [2.45, 2.75) is 69.3 Å². The van der Waals surface area contributed by atoms with Gasteiger partial charge in [0.2, 0.25) is 5.91 Å². The average molecular weight is 402 g/mol. The van der Waals surface area contributed by atoms with Crippen LogP contribution in [0.2, 0.25) is 0 Å². The number of nitrogens with one attached hydrogen (secondary N) is 1. The zero-order valence-corrected chi connectivity index (χ0v) is 16.2. The summed E-state index contributed by atoms with van der Waals surface area (Å²) in [6.45, 7) is 4.63. The Morgan fingerprint density at radius 3 is 2.50 bits per heavy atom. The minimum atomic E-state index is -4.89. The summed E-state index contributed by atoms with van der Waals surface area (Å²) < 4.78 is 55.7. The van der Waals surface area contributed by atoms with E-state index in [2.05, 4.69) is 5.32 Å². The summed E-state index contributed by atoms with van der Waals surface area (Å²) in [6, 6.07) is 3.30. The minimum Gasteiger partial charge on any atom is -0.379 e. The number of amides is 1. The van der Waals surface area contributed by atoms with Crippen molar-refractivity contribution in [2.75, 3.05) is 13.1 Å². The fraction of sp³-hybridized carbons (Fsp3) is 0.650. The van der Waals surface area contributed by atoms with Crippen molar-refractivity contribution in [3.05, 3.63) is 35.1 Å². The number of carbonyl (C=O) groups excluding carboxylic acids is 1. The number of halogens is 4. The van der Waals surface area contributed by atoms with Crippen LogP contribution in [-0.2, 0) is 16.6 Å². The highest BCUT2D eigenvalue weighted by Crippen LogP contribution is 2.43. The van der Waals surface area contributed by atoms with Crippen LogP contribution >= 0.6 is 0 Å². The number of fused-ring (bicyclic) bond motifs is 2. The Labute approximate surface area is 161 Å². The number of benzene rings is 1. The summed E-state index contributed by atoms with van der Waals surface area (Å²) in [4.78, 5) is 13.3. The van der Waals surface area contributed by atoms with Crippen molar-refractivity contribution < 1.29 is 27.5 Å². The molecule has 2 aliphatic rings. The van der Waals surface area contributed by atoms with Gasteiger partial charge in [0, 0.05) is 19.1 Å². The largest absolute Gasteiger partial charge is 0.418 e. The monoisotopic (exact) mass is 402 g/mol. The van der Waals surface area contributed by atoms with Gasteiger partial charge in [0.25, 0.3) is 0 Å². The van der Waals surface area contributed by atoms with Gasteiger partial charge in [0.15, 0.2) is 5.60 Å². The summed E-state index contributed by atoms with van der Waals surface area (Å²) in [5.74, 6) is -0.817. The lowest BCUT2D eigenvalue weighted by Gasteiger charge is -2.42. The van der Waals surface area contributed by atoms with E-state index in [4.69, 9.17) is 0 Å². The zero-order chi connectivity index (χ0) is 20.9. The highest BCUT2D eigenvalue weighted by Gasteiger charge is 2.59. The number of alkyl halides is 3. The van der Waals surface area contributed by atoms with Crippen LogP contribution in [0.3, 0.4) is 0 Å². The quantitative estimate of drug-likeness (QED) is 0.720. The van der Waals surface area contributed by atoms with Gasteiger partial charge in [0.05, 0.1) is 6.04 Å². The van der Waals surface area contributed by atoms with E-state index in [1.165, 1.54) is 17.0 Å². The van der Waals surface area contributed by atoms with Crippen LogP contribution in [0.1, 0.15) is 44.7 Å². The molecule has 3 rings (SSSR count). The number of aliphatic hydroxyl groups is 1. The number of rotatable bonds is 6. The first-order chi connectivity index (χ1) is 12.9. The van der Waals surface area contributed by atoms with Crippen LogP contribution in [-0.4, -0.2) is 52.9 Å². The van der Waals surface area contributed by atoms with Gasteiger partial charge in [-0.15, -0.1) is 0 Å². The van der Waals surface area contributed by atoms with Crippen LogP contribution in [0.25, 0.3) is 0 Å². The lowest BCUT2D eigenvalue weighted by Crippen LogP contribution is -2.60. The van der Waals surface area contributed by atoms with Crippen LogP contribution in [0.15, 0.2) is 18.2 Å². The van der Waals surface area contributed by atoms with Gasteiger partial charge in [-0.1, -0.05) is 26.8 Å². The molecule has 0 aromatic heterocycles. The molecule has 0 radical (unpaired) electrons.